The summed E-state index contributed by atoms with van der Waals surface area (Å²) in [5, 5.41) is 15.3. The zero-order valence-electron chi connectivity index (χ0n) is 6.57. The molecule has 1 aromatic rings. The number of carbonyl (C=O) groups excluding carboxylic acids is 1. The lowest BCUT2D eigenvalue weighted by molar-refractivity contribution is 0.151. The average molecular weight is 171 g/mol. The van der Waals surface area contributed by atoms with E-state index in [1.807, 2.05) is 0 Å². The Bertz CT molecular complexity index is 234. The summed E-state index contributed by atoms with van der Waals surface area (Å²) in [6, 6.07) is 0. The molecule has 1 aromatic heterocycles. The number of amides is 1. The van der Waals surface area contributed by atoms with E-state index in [0.717, 1.165) is 0 Å². The van der Waals surface area contributed by atoms with Crippen molar-refractivity contribution in [3.8, 4) is 0 Å². The third kappa shape index (κ3) is 2.52. The Morgan fingerprint density at radius 3 is 3.17 bits per heavy atom. The number of nitrogens with zero attached hydrogens (tertiary/aromatic N) is 3. The van der Waals surface area contributed by atoms with E-state index >= 15 is 0 Å². The van der Waals surface area contributed by atoms with Gasteiger partial charge in [0.15, 0.2) is 5.82 Å². The molecule has 0 radical (unpaired) electrons. The molecular formula is C5H9N5O2. The highest BCUT2D eigenvalue weighted by Gasteiger charge is 2.02. The molecule has 0 unspecified atom stereocenters. The molecular weight excluding hydrogens is 162 g/mol. The van der Waals surface area contributed by atoms with Crippen molar-refractivity contribution in [3.63, 3.8) is 0 Å². The average Bonchev–Trinajstić information content (AvgIpc) is 2.53. The Morgan fingerprint density at radius 2 is 2.58 bits per heavy atom. The van der Waals surface area contributed by atoms with Gasteiger partial charge < -0.3 is 10.1 Å². The number of hydrogen-bond acceptors (Lipinski definition) is 5. The molecule has 0 saturated carbocycles. The standard InChI is InChI=1S/C5H9N5O2/c1-2-12-5(11)6-3-4-7-9-10-8-4/h2-3H2,1H3,(H,6,11)(H,7,8,9,10). The molecule has 1 rings (SSSR count). The van der Waals surface area contributed by atoms with Gasteiger partial charge in [0, 0.05) is 0 Å². The van der Waals surface area contributed by atoms with Crippen LogP contribution in [-0.4, -0.2) is 33.3 Å². The van der Waals surface area contributed by atoms with Crippen LogP contribution in [0.2, 0.25) is 0 Å². The van der Waals surface area contributed by atoms with Crippen molar-refractivity contribution in [1.82, 2.24) is 25.9 Å². The Balaban J connectivity index is 2.22. The smallest absolute Gasteiger partial charge is 0.407 e. The van der Waals surface area contributed by atoms with Crippen LogP contribution in [0.15, 0.2) is 0 Å². The molecule has 0 spiro atoms. The minimum Gasteiger partial charge on any atom is -0.450 e. The highest BCUT2D eigenvalue weighted by Crippen LogP contribution is 1.83. The van der Waals surface area contributed by atoms with E-state index in [1.165, 1.54) is 0 Å². The number of hydrogen-bond donors (Lipinski definition) is 2. The first-order chi connectivity index (χ1) is 5.83. The fourth-order valence-corrected chi connectivity index (χ4v) is 0.591. The van der Waals surface area contributed by atoms with Crippen LogP contribution in [0, 0.1) is 0 Å². The maximum Gasteiger partial charge on any atom is 0.407 e. The summed E-state index contributed by atoms with van der Waals surface area (Å²) in [6.45, 7) is 2.29. The summed E-state index contributed by atoms with van der Waals surface area (Å²) in [4.78, 5) is 10.7. The lowest BCUT2D eigenvalue weighted by Gasteiger charge is -2.00. The summed E-state index contributed by atoms with van der Waals surface area (Å²) in [7, 11) is 0. The highest BCUT2D eigenvalue weighted by molar-refractivity contribution is 5.66. The first kappa shape index (κ1) is 8.44. The van der Waals surface area contributed by atoms with Crippen molar-refractivity contribution in [3.05, 3.63) is 5.82 Å². The van der Waals surface area contributed by atoms with Gasteiger partial charge in [-0.15, -0.1) is 10.2 Å². The van der Waals surface area contributed by atoms with Gasteiger partial charge in [0.2, 0.25) is 0 Å². The third-order valence-corrected chi connectivity index (χ3v) is 1.06. The Hall–Kier alpha value is -1.66. The molecule has 7 heteroatoms. The van der Waals surface area contributed by atoms with E-state index in [-0.39, 0.29) is 6.54 Å². The second-order valence-corrected chi connectivity index (χ2v) is 1.90. The second-order valence-electron chi connectivity index (χ2n) is 1.90. The molecule has 0 aliphatic carbocycles. The van der Waals surface area contributed by atoms with Gasteiger partial charge in [-0.25, -0.2) is 4.79 Å². The van der Waals surface area contributed by atoms with E-state index in [1.54, 1.807) is 6.92 Å². The second kappa shape index (κ2) is 4.27. The molecule has 0 aliphatic heterocycles. The molecule has 7 nitrogen and oxygen atoms in total. The Labute approximate surface area is 68.5 Å². The van der Waals surface area contributed by atoms with Crippen LogP contribution in [-0.2, 0) is 11.3 Å². The summed E-state index contributed by atoms with van der Waals surface area (Å²) >= 11 is 0. The first-order valence-electron chi connectivity index (χ1n) is 3.46. The number of nitrogens with one attached hydrogen (secondary N) is 2. The molecule has 0 bridgehead atoms. The Kier molecular flexibility index (Phi) is 3.00. The number of aromatic amines is 1. The fraction of sp³-hybridized carbons (Fsp3) is 0.600. The largest absolute Gasteiger partial charge is 0.450 e. The number of tetrazole rings is 1. The van der Waals surface area contributed by atoms with Crippen LogP contribution in [0.5, 0.6) is 0 Å². The zero-order valence-corrected chi connectivity index (χ0v) is 6.57. The molecule has 0 aliphatic rings. The van der Waals surface area contributed by atoms with Gasteiger partial charge in [-0.05, 0) is 6.92 Å². The first-order valence-corrected chi connectivity index (χ1v) is 3.46. The van der Waals surface area contributed by atoms with Crippen molar-refractivity contribution in [2.45, 2.75) is 13.5 Å². The summed E-state index contributed by atoms with van der Waals surface area (Å²) < 4.78 is 4.60. The Morgan fingerprint density at radius 1 is 1.75 bits per heavy atom. The number of ether oxygens (including phenoxy) is 1. The number of rotatable bonds is 3. The summed E-state index contributed by atoms with van der Waals surface area (Å²) in [5.41, 5.74) is 0. The van der Waals surface area contributed by atoms with E-state index in [9.17, 15) is 4.79 Å². The minimum absolute atomic E-state index is 0.218. The van der Waals surface area contributed by atoms with E-state index < -0.39 is 6.09 Å². The molecule has 0 atom stereocenters. The molecule has 2 N–H and O–H groups in total. The molecule has 66 valence electrons. The molecule has 0 fully saturated rings. The van der Waals surface area contributed by atoms with Gasteiger partial charge in [0.1, 0.15) is 0 Å². The van der Waals surface area contributed by atoms with Gasteiger partial charge in [0.05, 0.1) is 13.2 Å². The normalized spacial score (nSPS) is 9.42. The maximum atomic E-state index is 10.7. The van der Waals surface area contributed by atoms with Crippen LogP contribution in [0.25, 0.3) is 0 Å². The quantitative estimate of drug-likeness (QED) is 0.636. The molecule has 12 heavy (non-hydrogen) atoms. The monoisotopic (exact) mass is 171 g/mol. The fourth-order valence-electron chi connectivity index (χ4n) is 0.591. The molecule has 0 aromatic carbocycles. The zero-order chi connectivity index (χ0) is 8.81. The van der Waals surface area contributed by atoms with Crippen LogP contribution in [0.1, 0.15) is 12.7 Å². The van der Waals surface area contributed by atoms with E-state index in [0.29, 0.717) is 12.4 Å². The van der Waals surface area contributed by atoms with Crippen molar-refractivity contribution in [1.29, 1.82) is 0 Å². The number of carbonyl (C=O) groups is 1. The lowest BCUT2D eigenvalue weighted by Crippen LogP contribution is -2.24. The van der Waals surface area contributed by atoms with Crippen molar-refractivity contribution < 1.29 is 9.53 Å². The van der Waals surface area contributed by atoms with E-state index in [4.69, 9.17) is 0 Å². The summed E-state index contributed by atoms with van der Waals surface area (Å²) in [5.74, 6) is 0.419. The molecule has 0 saturated heterocycles. The van der Waals surface area contributed by atoms with E-state index in [2.05, 4.69) is 30.7 Å². The van der Waals surface area contributed by atoms with Crippen LogP contribution >= 0.6 is 0 Å². The summed E-state index contributed by atoms with van der Waals surface area (Å²) in [6.07, 6.45) is -0.484. The van der Waals surface area contributed by atoms with Crippen LogP contribution < -0.4 is 5.32 Å². The van der Waals surface area contributed by atoms with Gasteiger partial charge in [-0.3, -0.25) is 0 Å². The molecule has 1 heterocycles. The highest BCUT2D eigenvalue weighted by atomic mass is 16.5. The van der Waals surface area contributed by atoms with Crippen LogP contribution in [0.4, 0.5) is 4.79 Å². The minimum atomic E-state index is -0.484. The predicted octanol–water partition coefficient (Wildman–Crippen LogP) is -0.554. The number of aromatic nitrogens is 4. The number of H-pyrrole nitrogens is 1. The number of alkyl carbamates (subject to hydrolysis) is 1. The SMILES string of the molecule is CCOC(=O)NCc1nn[nH]n1. The van der Waals surface area contributed by atoms with Crippen LogP contribution in [0.3, 0.4) is 0 Å². The van der Waals surface area contributed by atoms with Gasteiger partial charge >= 0.3 is 6.09 Å². The predicted molar refractivity (Wildman–Crippen MR) is 38.0 cm³/mol. The lowest BCUT2D eigenvalue weighted by atomic mass is 10.6. The third-order valence-electron chi connectivity index (χ3n) is 1.06. The maximum absolute atomic E-state index is 10.7. The van der Waals surface area contributed by atoms with Gasteiger partial charge in [-0.1, -0.05) is 5.21 Å². The van der Waals surface area contributed by atoms with Gasteiger partial charge in [0.25, 0.3) is 0 Å². The molecule has 1 amide bonds. The topological polar surface area (TPSA) is 92.8 Å². The van der Waals surface area contributed by atoms with Gasteiger partial charge in [-0.2, -0.15) is 5.21 Å². The van der Waals surface area contributed by atoms with Crippen molar-refractivity contribution in [2.75, 3.05) is 6.61 Å². The van der Waals surface area contributed by atoms with Crippen molar-refractivity contribution in [2.24, 2.45) is 0 Å². The van der Waals surface area contributed by atoms with Crippen molar-refractivity contribution >= 4 is 6.09 Å².